The van der Waals surface area contributed by atoms with Crippen molar-refractivity contribution >= 4 is 41.2 Å². The van der Waals surface area contributed by atoms with Crippen LogP contribution in [0.3, 0.4) is 0 Å². The summed E-state index contributed by atoms with van der Waals surface area (Å²) in [5.41, 5.74) is 1.51. The van der Waals surface area contributed by atoms with E-state index >= 15 is 0 Å². The minimum atomic E-state index is -3.81. The Kier molecular flexibility index (Phi) is 12.4. The van der Waals surface area contributed by atoms with Gasteiger partial charge in [-0.1, -0.05) is 0 Å². The molecule has 0 fully saturated rings. The molecule has 11 heteroatoms. The molecule has 0 aliphatic rings. The number of benzene rings is 1. The normalized spacial score (nSPS) is 10.8. The van der Waals surface area contributed by atoms with Crippen molar-refractivity contribution in [2.45, 2.75) is 13.3 Å². The van der Waals surface area contributed by atoms with E-state index in [0.717, 1.165) is 0 Å². The van der Waals surface area contributed by atoms with E-state index in [0.29, 0.717) is 0 Å². The van der Waals surface area contributed by atoms with Crippen LogP contribution in [-0.4, -0.2) is 29.4 Å². The fraction of sp³-hybridized carbons (Fsp3) is 0.250. The van der Waals surface area contributed by atoms with Crippen LogP contribution in [0.5, 0.6) is 0 Å². The summed E-state index contributed by atoms with van der Waals surface area (Å²) in [7, 11) is 0. The van der Waals surface area contributed by atoms with E-state index in [4.69, 9.17) is 29.4 Å². The van der Waals surface area contributed by atoms with Crippen LogP contribution >= 0.6 is 13.4 Å². The minimum absolute atomic E-state index is 1.18. The average molecular weight is 399 g/mol. The van der Waals surface area contributed by atoms with Crippen molar-refractivity contribution in [1.29, 1.82) is 0 Å². The fourth-order valence-electron chi connectivity index (χ4n) is 0.902. The van der Waals surface area contributed by atoms with Gasteiger partial charge >= 0.3 is 79.1 Å². The van der Waals surface area contributed by atoms with E-state index in [9.17, 15) is 0 Å². The molecule has 0 amide bonds. The minimum Gasteiger partial charge on any atom is -0.325 e. The molecule has 1 rings (SSSR count). The van der Waals surface area contributed by atoms with Crippen LogP contribution in [0.4, 0.5) is 0 Å². The largest absolute Gasteiger partial charge is 0.325 e. The zero-order valence-corrected chi connectivity index (χ0v) is 16.5. The molecular weight excluding hydrogens is 384 g/mol. The topological polar surface area (TPSA) is 121 Å². The molecule has 6 N–H and O–H groups in total. The molecule has 0 heterocycles. The van der Waals surface area contributed by atoms with Gasteiger partial charge in [-0.15, -0.1) is 0 Å². The van der Waals surface area contributed by atoms with Gasteiger partial charge in [-0.05, 0) is 23.6 Å². The van der Waals surface area contributed by atoms with Gasteiger partial charge in [0.05, 0.1) is 0 Å². The number of hydrogen-bond donors (Lipinski definition) is 6. The first-order chi connectivity index (χ1) is 8.34. The molecule has 0 bridgehead atoms. The van der Waals surface area contributed by atoms with E-state index < -0.39 is 13.4 Å². The van der Waals surface area contributed by atoms with Crippen LogP contribution in [0.2, 0.25) is 0 Å². The zero-order valence-electron chi connectivity index (χ0n) is 10.1. The molecule has 6 nitrogen and oxygen atoms in total. The number of hydrogen-bond acceptors (Lipinski definition) is 2. The molecule has 107 valence electrons. The molecule has 0 aromatic heterocycles. The Morgan fingerprint density at radius 3 is 1.47 bits per heavy atom. The van der Waals surface area contributed by atoms with Crippen molar-refractivity contribution in [2.75, 3.05) is 0 Å². The summed E-state index contributed by atoms with van der Waals surface area (Å²) >= 11 is 8.49. The predicted octanol–water partition coefficient (Wildman–Crippen LogP) is -0.203. The van der Waals surface area contributed by atoms with E-state index in [1.165, 1.54) is 34.4 Å². The molecule has 1 aromatic rings. The van der Waals surface area contributed by atoms with Crippen molar-refractivity contribution in [3.05, 3.63) is 29.8 Å². The fourth-order valence-corrected chi connectivity index (χ4v) is 1.96. The predicted molar refractivity (Wildman–Crippen MR) is 77.3 cm³/mol. The first-order valence-corrected chi connectivity index (χ1v) is 11.6. The Labute approximate surface area is 131 Å². The van der Waals surface area contributed by atoms with Crippen LogP contribution < -0.4 is 4.16 Å². The van der Waals surface area contributed by atoms with Gasteiger partial charge in [-0.2, -0.15) is 0 Å². The van der Waals surface area contributed by atoms with Crippen molar-refractivity contribution in [2.24, 2.45) is 0 Å². The monoisotopic (exact) mass is 397 g/mol. The molecule has 0 saturated heterocycles. The van der Waals surface area contributed by atoms with Gasteiger partial charge < -0.3 is 29.4 Å². The zero-order chi connectivity index (χ0) is 15.7. The summed E-state index contributed by atoms with van der Waals surface area (Å²) < 4.78 is 1.53. The molecule has 0 aliphatic heterocycles. The van der Waals surface area contributed by atoms with Crippen LogP contribution in [0.15, 0.2) is 24.3 Å². The Balaban J connectivity index is 0. The first-order valence-electron chi connectivity index (χ1n) is 4.81. The van der Waals surface area contributed by atoms with Crippen LogP contribution in [0.1, 0.15) is 12.5 Å². The Bertz CT molecular complexity index is 424. The molecule has 0 radical (unpaired) electrons. The van der Waals surface area contributed by atoms with Gasteiger partial charge in [0, 0.05) is 0 Å². The molecule has 0 saturated carbocycles. The van der Waals surface area contributed by atoms with E-state index in [1.807, 2.05) is 0 Å². The summed E-state index contributed by atoms with van der Waals surface area (Å²) in [6.45, 7) is -5.41. The van der Waals surface area contributed by atoms with E-state index in [-0.39, 0.29) is 0 Å². The van der Waals surface area contributed by atoms with Crippen molar-refractivity contribution in [1.82, 2.24) is 0 Å². The van der Waals surface area contributed by atoms with Gasteiger partial charge in [-0.3, -0.25) is 0 Å². The average Bonchev–Trinajstić information content (AvgIpc) is 2.13. The van der Waals surface area contributed by atoms with E-state index in [1.54, 1.807) is 0 Å². The second-order valence-corrected chi connectivity index (χ2v) is 9.74. The Morgan fingerprint density at radius 1 is 0.947 bits per heavy atom. The quantitative estimate of drug-likeness (QED) is 0.284. The third kappa shape index (κ3) is 27.9. The molecule has 1 aromatic carbocycles. The number of rotatable bonds is 1. The second kappa shape index (κ2) is 10.6. The summed E-state index contributed by atoms with van der Waals surface area (Å²) in [6.07, 6.45) is 1.18. The Hall–Kier alpha value is 0.903. The summed E-state index contributed by atoms with van der Waals surface area (Å²) in [6, 6.07) is 8.63. The maximum Gasteiger partial charge on any atom is 0.319 e. The SMILES string of the molecule is CCc1cccc[c]1[Zn].OP(O)(O)=S.OP(O)(O)=S. The van der Waals surface area contributed by atoms with E-state index in [2.05, 4.69) is 54.8 Å². The molecule has 0 unspecified atom stereocenters. The summed E-state index contributed by atoms with van der Waals surface area (Å²) in [5.74, 6) is 0. The smallest absolute Gasteiger partial charge is 0.319 e. The van der Waals surface area contributed by atoms with Gasteiger partial charge in [0.25, 0.3) is 0 Å². The standard InChI is InChI=1S/C8H9.2H3O3PS.Zn/c1-2-8-6-4-3-5-7-8;2*1-4(2,3)5;/h3-6H,2H2,1H3;2*(H3,1,2,3,5);. The van der Waals surface area contributed by atoms with Crippen molar-refractivity contribution in [3.63, 3.8) is 0 Å². The summed E-state index contributed by atoms with van der Waals surface area (Å²) in [4.78, 5) is 45.3. The first kappa shape index (κ1) is 22.2. The van der Waals surface area contributed by atoms with Crippen molar-refractivity contribution in [3.8, 4) is 0 Å². The maximum absolute atomic E-state index is 7.56. The molecule has 0 spiro atoms. The second-order valence-electron chi connectivity index (χ2n) is 3.15. The molecule has 19 heavy (non-hydrogen) atoms. The molecule has 0 atom stereocenters. The molecular formula is C8H15O6P2S2Zn. The van der Waals surface area contributed by atoms with Crippen molar-refractivity contribution < 1.29 is 47.7 Å². The van der Waals surface area contributed by atoms with Crippen LogP contribution in [0.25, 0.3) is 0 Å². The van der Waals surface area contributed by atoms with Gasteiger partial charge in [0.15, 0.2) is 0 Å². The number of aryl methyl sites for hydroxylation is 1. The summed E-state index contributed by atoms with van der Waals surface area (Å²) in [5, 5.41) is 0. The third-order valence-electron chi connectivity index (χ3n) is 1.50. The van der Waals surface area contributed by atoms with Crippen LogP contribution in [0, 0.1) is 0 Å². The third-order valence-corrected chi connectivity index (χ3v) is 2.95. The van der Waals surface area contributed by atoms with Gasteiger partial charge in [-0.25, -0.2) is 0 Å². The molecule has 0 aliphatic carbocycles. The maximum atomic E-state index is 7.56. The van der Waals surface area contributed by atoms with Gasteiger partial charge in [0.2, 0.25) is 0 Å². The Morgan fingerprint density at radius 2 is 1.26 bits per heavy atom. The van der Waals surface area contributed by atoms with Gasteiger partial charge in [0.1, 0.15) is 0 Å². The van der Waals surface area contributed by atoms with Crippen LogP contribution in [-0.2, 0) is 48.3 Å².